The van der Waals surface area contributed by atoms with E-state index in [4.69, 9.17) is 0 Å². The van der Waals surface area contributed by atoms with Crippen molar-refractivity contribution in [2.75, 3.05) is 31.1 Å². The van der Waals surface area contributed by atoms with E-state index < -0.39 is 0 Å². The van der Waals surface area contributed by atoms with E-state index in [-0.39, 0.29) is 0 Å². The molecule has 0 aromatic heterocycles. The van der Waals surface area contributed by atoms with Crippen molar-refractivity contribution in [1.29, 1.82) is 0 Å². The van der Waals surface area contributed by atoms with Crippen LogP contribution >= 0.6 is 15.9 Å². The SMILES string of the molecule is Brc1ccc(N2CCN3CCCC3C2)c(CNC2CC2)c1. The van der Waals surface area contributed by atoms with Crippen LogP contribution in [-0.2, 0) is 6.54 Å². The molecule has 1 aliphatic carbocycles. The monoisotopic (exact) mass is 349 g/mol. The lowest BCUT2D eigenvalue weighted by atomic mass is 10.1. The van der Waals surface area contributed by atoms with Gasteiger partial charge in [-0.05, 0) is 56.0 Å². The first-order valence-electron chi connectivity index (χ1n) is 8.30. The van der Waals surface area contributed by atoms with Crippen LogP contribution < -0.4 is 10.2 Å². The quantitative estimate of drug-likeness (QED) is 0.901. The van der Waals surface area contributed by atoms with Gasteiger partial charge >= 0.3 is 0 Å². The molecule has 1 N–H and O–H groups in total. The molecule has 1 unspecified atom stereocenters. The minimum absolute atomic E-state index is 0.767. The van der Waals surface area contributed by atoms with Gasteiger partial charge in [0.1, 0.15) is 0 Å². The normalized spacial score (nSPS) is 26.1. The predicted octanol–water partition coefficient (Wildman–Crippen LogP) is 2.99. The number of halogens is 1. The van der Waals surface area contributed by atoms with Gasteiger partial charge in [0, 0.05) is 48.4 Å². The van der Waals surface area contributed by atoms with Crippen LogP contribution in [0, 0.1) is 0 Å². The zero-order chi connectivity index (χ0) is 14.2. The van der Waals surface area contributed by atoms with Crippen molar-refractivity contribution in [2.45, 2.75) is 44.3 Å². The molecular formula is C17H24BrN3. The molecule has 0 spiro atoms. The lowest BCUT2D eigenvalue weighted by Crippen LogP contribution is -2.50. The van der Waals surface area contributed by atoms with E-state index in [0.29, 0.717) is 0 Å². The molecule has 3 fully saturated rings. The van der Waals surface area contributed by atoms with E-state index in [1.165, 1.54) is 67.6 Å². The average Bonchev–Trinajstić information content (AvgIpc) is 3.20. The fraction of sp³-hybridized carbons (Fsp3) is 0.647. The van der Waals surface area contributed by atoms with Crippen molar-refractivity contribution in [3.05, 3.63) is 28.2 Å². The smallest absolute Gasteiger partial charge is 0.0413 e. The molecule has 3 nitrogen and oxygen atoms in total. The molecule has 1 aromatic carbocycles. The zero-order valence-electron chi connectivity index (χ0n) is 12.5. The van der Waals surface area contributed by atoms with Crippen LogP contribution in [0.4, 0.5) is 5.69 Å². The molecule has 4 rings (SSSR count). The molecule has 0 bridgehead atoms. The van der Waals surface area contributed by atoms with Crippen LogP contribution in [0.3, 0.4) is 0 Å². The zero-order valence-corrected chi connectivity index (χ0v) is 14.1. The van der Waals surface area contributed by atoms with Gasteiger partial charge in [-0.25, -0.2) is 0 Å². The third kappa shape index (κ3) is 3.13. The maximum Gasteiger partial charge on any atom is 0.0413 e. The van der Waals surface area contributed by atoms with Gasteiger partial charge in [-0.3, -0.25) is 4.90 Å². The summed E-state index contributed by atoms with van der Waals surface area (Å²) in [5.41, 5.74) is 2.89. The molecule has 3 aliphatic rings. The minimum Gasteiger partial charge on any atom is -0.368 e. The lowest BCUT2D eigenvalue weighted by Gasteiger charge is -2.39. The van der Waals surface area contributed by atoms with Crippen molar-refractivity contribution in [3.8, 4) is 0 Å². The second-order valence-corrected chi connectivity index (χ2v) is 7.62. The largest absolute Gasteiger partial charge is 0.368 e. The second kappa shape index (κ2) is 5.90. The number of hydrogen-bond donors (Lipinski definition) is 1. The van der Waals surface area contributed by atoms with Crippen molar-refractivity contribution >= 4 is 21.6 Å². The molecule has 2 heterocycles. The van der Waals surface area contributed by atoms with Crippen LogP contribution in [0.25, 0.3) is 0 Å². The Hall–Kier alpha value is -0.580. The first-order valence-corrected chi connectivity index (χ1v) is 9.10. The second-order valence-electron chi connectivity index (χ2n) is 6.71. The first kappa shape index (κ1) is 14.0. The Morgan fingerprint density at radius 2 is 2.05 bits per heavy atom. The summed E-state index contributed by atoms with van der Waals surface area (Å²) in [4.78, 5) is 5.29. The van der Waals surface area contributed by atoms with Gasteiger partial charge in [-0.1, -0.05) is 15.9 Å². The summed E-state index contributed by atoms with van der Waals surface area (Å²) >= 11 is 3.63. The Bertz CT molecular complexity index is 515. The number of nitrogens with one attached hydrogen (secondary N) is 1. The summed E-state index contributed by atoms with van der Waals surface area (Å²) < 4.78 is 1.19. The maximum absolute atomic E-state index is 3.67. The summed E-state index contributed by atoms with van der Waals surface area (Å²) in [6, 6.07) is 8.34. The van der Waals surface area contributed by atoms with Crippen LogP contribution in [0.15, 0.2) is 22.7 Å². The topological polar surface area (TPSA) is 18.5 Å². The van der Waals surface area contributed by atoms with Crippen molar-refractivity contribution in [2.24, 2.45) is 0 Å². The first-order chi connectivity index (χ1) is 10.3. The molecule has 1 atom stereocenters. The molecule has 114 valence electrons. The summed E-state index contributed by atoms with van der Waals surface area (Å²) in [5, 5.41) is 3.67. The lowest BCUT2D eigenvalue weighted by molar-refractivity contribution is 0.231. The molecule has 1 aromatic rings. The molecule has 21 heavy (non-hydrogen) atoms. The van der Waals surface area contributed by atoms with Gasteiger partial charge in [0.15, 0.2) is 0 Å². The van der Waals surface area contributed by atoms with Gasteiger partial charge in [0.2, 0.25) is 0 Å². The molecule has 2 aliphatic heterocycles. The van der Waals surface area contributed by atoms with Crippen LogP contribution in [0.1, 0.15) is 31.2 Å². The van der Waals surface area contributed by atoms with E-state index in [1.807, 2.05) is 0 Å². The van der Waals surface area contributed by atoms with Gasteiger partial charge in [0.05, 0.1) is 0 Å². The van der Waals surface area contributed by atoms with Gasteiger partial charge in [0.25, 0.3) is 0 Å². The van der Waals surface area contributed by atoms with Gasteiger partial charge in [-0.15, -0.1) is 0 Å². The molecule has 2 saturated heterocycles. The summed E-state index contributed by atoms with van der Waals surface area (Å²) in [6.45, 7) is 5.93. The van der Waals surface area contributed by atoms with E-state index in [9.17, 15) is 0 Å². The van der Waals surface area contributed by atoms with Crippen molar-refractivity contribution in [3.63, 3.8) is 0 Å². The number of rotatable bonds is 4. The fourth-order valence-electron chi connectivity index (χ4n) is 3.76. The molecule has 0 amide bonds. The van der Waals surface area contributed by atoms with Crippen molar-refractivity contribution in [1.82, 2.24) is 10.2 Å². The highest BCUT2D eigenvalue weighted by Crippen LogP contribution is 2.30. The minimum atomic E-state index is 0.767. The van der Waals surface area contributed by atoms with E-state index >= 15 is 0 Å². The van der Waals surface area contributed by atoms with E-state index in [2.05, 4.69) is 49.2 Å². The number of benzene rings is 1. The molecule has 4 heteroatoms. The molecular weight excluding hydrogens is 326 g/mol. The third-order valence-electron chi connectivity index (χ3n) is 5.13. The Morgan fingerprint density at radius 3 is 2.90 bits per heavy atom. The molecule has 1 saturated carbocycles. The van der Waals surface area contributed by atoms with Crippen LogP contribution in [-0.4, -0.2) is 43.2 Å². The Balaban J connectivity index is 1.52. The fourth-order valence-corrected chi connectivity index (χ4v) is 4.16. The van der Waals surface area contributed by atoms with Crippen LogP contribution in [0.2, 0.25) is 0 Å². The number of anilines is 1. The number of hydrogen-bond acceptors (Lipinski definition) is 3. The number of fused-ring (bicyclic) bond motifs is 1. The predicted molar refractivity (Wildman–Crippen MR) is 90.8 cm³/mol. The van der Waals surface area contributed by atoms with Gasteiger partial charge in [-0.2, -0.15) is 0 Å². The highest BCUT2D eigenvalue weighted by molar-refractivity contribution is 9.10. The Kier molecular flexibility index (Phi) is 3.94. The summed E-state index contributed by atoms with van der Waals surface area (Å²) in [6.07, 6.45) is 5.46. The highest BCUT2D eigenvalue weighted by atomic mass is 79.9. The van der Waals surface area contributed by atoms with E-state index in [0.717, 1.165) is 18.6 Å². The number of nitrogens with zero attached hydrogens (tertiary/aromatic N) is 2. The van der Waals surface area contributed by atoms with Crippen LogP contribution in [0.5, 0.6) is 0 Å². The third-order valence-corrected chi connectivity index (χ3v) is 5.62. The van der Waals surface area contributed by atoms with E-state index in [1.54, 1.807) is 0 Å². The van der Waals surface area contributed by atoms with Gasteiger partial charge < -0.3 is 10.2 Å². The summed E-state index contributed by atoms with van der Waals surface area (Å²) in [7, 11) is 0. The Labute approximate surface area is 135 Å². The average molecular weight is 350 g/mol. The summed E-state index contributed by atoms with van der Waals surface area (Å²) in [5.74, 6) is 0. The highest BCUT2D eigenvalue weighted by Gasteiger charge is 2.31. The standard InChI is InChI=1S/C17H24BrN3/c18-14-3-6-17(13(10-14)11-19-15-4-5-15)21-9-8-20-7-1-2-16(20)12-21/h3,6,10,15-16,19H,1-2,4-5,7-9,11-12H2. The number of piperazine rings is 1. The Morgan fingerprint density at radius 1 is 1.14 bits per heavy atom. The maximum atomic E-state index is 3.67. The molecule has 0 radical (unpaired) electrons. The van der Waals surface area contributed by atoms with Crippen molar-refractivity contribution < 1.29 is 0 Å².